The molecule has 0 saturated carbocycles. The van der Waals surface area contributed by atoms with Crippen LogP contribution in [-0.2, 0) is 10.5 Å². The molecule has 0 bridgehead atoms. The third-order valence-corrected chi connectivity index (χ3v) is 4.59. The second-order valence-electron chi connectivity index (χ2n) is 7.19. The number of carbonyl (C=O) groups excluding carboxylic acids is 2. The summed E-state index contributed by atoms with van der Waals surface area (Å²) in [6, 6.07) is 5.31. The number of amides is 2. The molecule has 0 fully saturated rings. The smallest absolute Gasteiger partial charge is 0.257 e. The molecule has 0 aliphatic heterocycles. The number of nitrogens with one attached hydrogen (secondary N) is 1. The van der Waals surface area contributed by atoms with E-state index in [9.17, 15) is 9.59 Å². The van der Waals surface area contributed by atoms with Crippen LogP contribution in [-0.4, -0.2) is 45.5 Å². The zero-order valence-electron chi connectivity index (χ0n) is 16.4. The Morgan fingerprint density at radius 2 is 2.07 bits per heavy atom. The molecule has 146 valence electrons. The molecule has 0 radical (unpaired) electrons. The Kier molecular flexibility index (Phi) is 7.01. The number of nitrogens with zero attached hydrogens (tertiary/aromatic N) is 3. The number of thioether (sulfide) groups is 1. The van der Waals surface area contributed by atoms with Gasteiger partial charge in [0, 0.05) is 30.1 Å². The normalized spacial score (nSPS) is 11.3. The monoisotopic (exact) mass is 390 g/mol. The molecule has 27 heavy (non-hydrogen) atoms. The summed E-state index contributed by atoms with van der Waals surface area (Å²) in [5.41, 5.74) is 0.927. The number of rotatable bonds is 7. The molecular weight excluding hydrogens is 364 g/mol. The first kappa shape index (κ1) is 21.0. The molecule has 2 aromatic heterocycles. The number of hydrogen-bond acceptors (Lipinski definition) is 6. The van der Waals surface area contributed by atoms with E-state index in [4.69, 9.17) is 4.52 Å². The summed E-state index contributed by atoms with van der Waals surface area (Å²) < 4.78 is 5.07. The third kappa shape index (κ3) is 6.39. The van der Waals surface area contributed by atoms with Crippen LogP contribution in [0.4, 0.5) is 0 Å². The second-order valence-corrected chi connectivity index (χ2v) is 8.16. The van der Waals surface area contributed by atoms with Crippen molar-refractivity contribution >= 4 is 23.6 Å². The van der Waals surface area contributed by atoms with Gasteiger partial charge in [0.15, 0.2) is 0 Å². The zero-order chi connectivity index (χ0) is 20.0. The lowest BCUT2D eigenvalue weighted by Crippen LogP contribution is -2.47. The molecule has 7 nitrogen and oxygen atoms in total. The molecule has 2 amide bonds. The van der Waals surface area contributed by atoms with Crippen LogP contribution in [0, 0.1) is 6.92 Å². The van der Waals surface area contributed by atoms with Crippen LogP contribution in [0.3, 0.4) is 0 Å². The number of likely N-dealkylation sites (N-methyl/N-ethyl adjacent to an activating group) is 1. The van der Waals surface area contributed by atoms with Crippen molar-refractivity contribution in [1.82, 2.24) is 20.4 Å². The predicted octanol–water partition coefficient (Wildman–Crippen LogP) is 3.05. The molecule has 0 aliphatic carbocycles. The molecule has 0 saturated heterocycles. The highest BCUT2D eigenvalue weighted by atomic mass is 32.2. The summed E-state index contributed by atoms with van der Waals surface area (Å²) in [5.74, 6) is 0.887. The van der Waals surface area contributed by atoms with Crippen LogP contribution >= 0.6 is 11.8 Å². The molecule has 0 atom stereocenters. The maximum absolute atomic E-state index is 13.0. The summed E-state index contributed by atoms with van der Waals surface area (Å²) in [6.45, 7) is 9.84. The average Bonchev–Trinajstić information content (AvgIpc) is 3.01. The zero-order valence-corrected chi connectivity index (χ0v) is 17.2. The maximum Gasteiger partial charge on any atom is 0.257 e. The first-order valence-corrected chi connectivity index (χ1v) is 9.78. The van der Waals surface area contributed by atoms with Crippen LogP contribution in [0.5, 0.6) is 0 Å². The largest absolute Gasteiger partial charge is 0.361 e. The fourth-order valence-corrected chi connectivity index (χ4v) is 3.29. The van der Waals surface area contributed by atoms with E-state index in [0.29, 0.717) is 22.9 Å². The van der Waals surface area contributed by atoms with Gasteiger partial charge in [-0.3, -0.25) is 9.59 Å². The number of aryl methyl sites for hydroxylation is 1. The van der Waals surface area contributed by atoms with Gasteiger partial charge in [-0.2, -0.15) is 0 Å². The summed E-state index contributed by atoms with van der Waals surface area (Å²) in [6.07, 6.45) is 1.65. The Hall–Kier alpha value is -2.35. The highest BCUT2D eigenvalue weighted by molar-refractivity contribution is 7.98. The fourth-order valence-electron chi connectivity index (χ4n) is 2.43. The topological polar surface area (TPSA) is 88.3 Å². The van der Waals surface area contributed by atoms with Gasteiger partial charge in [-0.05, 0) is 46.8 Å². The SMILES string of the molecule is CCN(CC(=O)NC(C)(C)C)C(=O)c1cccnc1SCc1cc(C)on1. The van der Waals surface area contributed by atoms with Crippen molar-refractivity contribution in [2.24, 2.45) is 0 Å². The molecule has 0 aromatic carbocycles. The Balaban J connectivity index is 2.10. The number of pyridine rings is 1. The van der Waals surface area contributed by atoms with E-state index in [0.717, 1.165) is 11.5 Å². The Morgan fingerprint density at radius 3 is 2.67 bits per heavy atom. The van der Waals surface area contributed by atoms with E-state index in [1.807, 2.05) is 40.7 Å². The summed E-state index contributed by atoms with van der Waals surface area (Å²) in [5, 5.41) is 7.45. The van der Waals surface area contributed by atoms with E-state index in [-0.39, 0.29) is 23.9 Å². The van der Waals surface area contributed by atoms with Crippen LogP contribution in [0.15, 0.2) is 33.9 Å². The lowest BCUT2D eigenvalue weighted by Gasteiger charge is -2.25. The van der Waals surface area contributed by atoms with Gasteiger partial charge < -0.3 is 14.7 Å². The quantitative estimate of drug-likeness (QED) is 0.731. The van der Waals surface area contributed by atoms with Crippen molar-refractivity contribution in [2.75, 3.05) is 13.1 Å². The molecule has 0 spiro atoms. The van der Waals surface area contributed by atoms with Crippen molar-refractivity contribution in [3.05, 3.63) is 41.4 Å². The summed E-state index contributed by atoms with van der Waals surface area (Å²) in [4.78, 5) is 31.0. The second kappa shape index (κ2) is 9.03. The lowest BCUT2D eigenvalue weighted by atomic mass is 10.1. The van der Waals surface area contributed by atoms with E-state index in [1.165, 1.54) is 16.7 Å². The van der Waals surface area contributed by atoms with Crippen LogP contribution in [0.2, 0.25) is 0 Å². The summed E-state index contributed by atoms with van der Waals surface area (Å²) >= 11 is 1.42. The van der Waals surface area contributed by atoms with Gasteiger partial charge in [0.05, 0.1) is 17.8 Å². The average molecular weight is 391 g/mol. The van der Waals surface area contributed by atoms with E-state index >= 15 is 0 Å². The molecule has 2 heterocycles. The van der Waals surface area contributed by atoms with Crippen molar-refractivity contribution in [2.45, 2.75) is 50.9 Å². The van der Waals surface area contributed by atoms with Gasteiger partial charge in [0.25, 0.3) is 5.91 Å². The fraction of sp³-hybridized carbons (Fsp3) is 0.474. The standard InChI is InChI=1S/C19H26N4O3S/c1-6-23(11-16(24)21-19(3,4)5)18(25)15-8-7-9-20-17(15)27-12-14-10-13(2)26-22-14/h7-10H,6,11-12H2,1-5H3,(H,21,24). The van der Waals surface area contributed by atoms with Crippen molar-refractivity contribution in [3.8, 4) is 0 Å². The third-order valence-electron chi connectivity index (χ3n) is 3.55. The minimum absolute atomic E-state index is 0.00802. The van der Waals surface area contributed by atoms with Gasteiger partial charge in [-0.15, -0.1) is 0 Å². The molecule has 0 unspecified atom stereocenters. The van der Waals surface area contributed by atoms with Gasteiger partial charge >= 0.3 is 0 Å². The van der Waals surface area contributed by atoms with E-state index in [1.54, 1.807) is 18.3 Å². The van der Waals surface area contributed by atoms with Crippen LogP contribution in [0.1, 0.15) is 49.5 Å². The summed E-state index contributed by atoms with van der Waals surface area (Å²) in [7, 11) is 0. The lowest BCUT2D eigenvalue weighted by molar-refractivity contribution is -0.123. The molecule has 0 aliphatic rings. The highest BCUT2D eigenvalue weighted by Crippen LogP contribution is 2.25. The van der Waals surface area contributed by atoms with Crippen LogP contribution in [0.25, 0.3) is 0 Å². The van der Waals surface area contributed by atoms with E-state index in [2.05, 4.69) is 15.5 Å². The Morgan fingerprint density at radius 1 is 1.33 bits per heavy atom. The highest BCUT2D eigenvalue weighted by Gasteiger charge is 2.23. The maximum atomic E-state index is 13.0. The number of hydrogen-bond donors (Lipinski definition) is 1. The number of aromatic nitrogens is 2. The van der Waals surface area contributed by atoms with Gasteiger partial charge in [0.1, 0.15) is 10.8 Å². The Bertz CT molecular complexity index is 798. The predicted molar refractivity (Wildman–Crippen MR) is 105 cm³/mol. The first-order chi connectivity index (χ1) is 12.7. The van der Waals surface area contributed by atoms with E-state index < -0.39 is 0 Å². The molecule has 8 heteroatoms. The first-order valence-electron chi connectivity index (χ1n) is 8.80. The molecule has 1 N–H and O–H groups in total. The molecule has 2 rings (SSSR count). The minimum Gasteiger partial charge on any atom is -0.361 e. The molecular formula is C19H26N4O3S. The van der Waals surface area contributed by atoms with Gasteiger partial charge in [-0.25, -0.2) is 4.98 Å². The van der Waals surface area contributed by atoms with Crippen molar-refractivity contribution < 1.29 is 14.1 Å². The van der Waals surface area contributed by atoms with Crippen LogP contribution < -0.4 is 5.32 Å². The molecule has 2 aromatic rings. The Labute approximate surface area is 163 Å². The van der Waals surface area contributed by atoms with Gasteiger partial charge in [-0.1, -0.05) is 16.9 Å². The van der Waals surface area contributed by atoms with Crippen molar-refractivity contribution in [3.63, 3.8) is 0 Å². The van der Waals surface area contributed by atoms with Crippen molar-refractivity contribution in [1.29, 1.82) is 0 Å². The van der Waals surface area contributed by atoms with Gasteiger partial charge in [0.2, 0.25) is 5.91 Å². The minimum atomic E-state index is -0.343. The number of carbonyl (C=O) groups is 2.